The van der Waals surface area contributed by atoms with E-state index in [2.05, 4.69) is 135 Å². The van der Waals surface area contributed by atoms with Gasteiger partial charge in [0.15, 0.2) is 31.2 Å². The fourth-order valence-corrected chi connectivity index (χ4v) is 7.53. The Bertz CT molecular complexity index is 2040. The fourth-order valence-electron chi connectivity index (χ4n) is 5.56. The van der Waals surface area contributed by atoms with Crippen molar-refractivity contribution in [2.45, 2.75) is 27.7 Å². The summed E-state index contributed by atoms with van der Waals surface area (Å²) in [4.78, 5) is 15.8. The summed E-state index contributed by atoms with van der Waals surface area (Å²) in [5.74, 6) is 2.86. The molecule has 0 aliphatic carbocycles. The number of aromatic nitrogens is 2. The molecule has 0 aliphatic rings. The minimum absolute atomic E-state index is 0.707. The number of hydrogen-bond donors (Lipinski definition) is 0. The molecule has 0 saturated carbocycles. The van der Waals surface area contributed by atoms with Gasteiger partial charge in [-0.1, -0.05) is 93.5 Å². The van der Waals surface area contributed by atoms with Crippen LogP contribution in [0, 0.1) is 27.7 Å². The van der Waals surface area contributed by atoms with Crippen LogP contribution in [0.25, 0.3) is 31.2 Å². The van der Waals surface area contributed by atoms with Gasteiger partial charge in [-0.05, 0) is 88.4 Å². The van der Waals surface area contributed by atoms with Gasteiger partial charge in [0.2, 0.25) is 11.8 Å². The summed E-state index contributed by atoms with van der Waals surface area (Å²) in [5.41, 5.74) is 8.93. The molecule has 8 heteroatoms. The minimum Gasteiger partial charge on any atom is -0.437 e. The van der Waals surface area contributed by atoms with E-state index in [1.54, 1.807) is 0 Å². The zero-order valence-electron chi connectivity index (χ0n) is 27.0. The molecule has 0 amide bonds. The largest absolute Gasteiger partial charge is 0.437 e. The van der Waals surface area contributed by atoms with Crippen molar-refractivity contribution in [3.8, 4) is 21.5 Å². The molecule has 0 saturated heterocycles. The molecular formula is C40H32N4O2S2. The molecular weight excluding hydrogens is 633 g/mol. The Hall–Kier alpha value is -5.44. The maximum Gasteiger partial charge on any atom is 0.205 e. The van der Waals surface area contributed by atoms with Crippen LogP contribution in [0.4, 0.5) is 34.5 Å². The van der Waals surface area contributed by atoms with E-state index in [0.29, 0.717) is 11.5 Å². The van der Waals surface area contributed by atoms with Crippen LogP contribution in [0.2, 0.25) is 0 Å². The van der Waals surface area contributed by atoms with Crippen molar-refractivity contribution < 1.29 is 8.83 Å². The van der Waals surface area contributed by atoms with Crippen LogP contribution in [0.1, 0.15) is 22.3 Å². The highest BCUT2D eigenvalue weighted by Crippen LogP contribution is 2.43. The first-order valence-electron chi connectivity index (χ1n) is 15.7. The predicted molar refractivity (Wildman–Crippen MR) is 199 cm³/mol. The normalized spacial score (nSPS) is 11.3. The molecule has 4 heterocycles. The van der Waals surface area contributed by atoms with E-state index in [9.17, 15) is 0 Å². The van der Waals surface area contributed by atoms with Crippen LogP contribution in [-0.4, -0.2) is 9.97 Å². The average molecular weight is 665 g/mol. The highest BCUT2D eigenvalue weighted by atomic mass is 32.1. The van der Waals surface area contributed by atoms with Gasteiger partial charge in [-0.25, -0.2) is 9.97 Å². The SMILES string of the molecule is Cc1ccc(N(c2ccc(C)cc2)c2ccc(-c3nc4sc(-c5ccc(N(c6ccc(C)cc6)c6ccc(C)cc6)o5)nc4s3)o2)cc1. The van der Waals surface area contributed by atoms with Crippen LogP contribution in [0.5, 0.6) is 0 Å². The molecule has 0 radical (unpaired) electrons. The number of thiazole rings is 2. The van der Waals surface area contributed by atoms with Gasteiger partial charge in [-0.2, -0.15) is 0 Å². The molecule has 0 spiro atoms. The van der Waals surface area contributed by atoms with Gasteiger partial charge < -0.3 is 8.83 Å². The highest BCUT2D eigenvalue weighted by molar-refractivity contribution is 7.29. The van der Waals surface area contributed by atoms with Gasteiger partial charge in [-0.15, -0.1) is 0 Å². The summed E-state index contributed by atoms with van der Waals surface area (Å²) in [5, 5.41) is 1.58. The minimum atomic E-state index is 0.707. The number of benzene rings is 4. The van der Waals surface area contributed by atoms with E-state index in [4.69, 9.17) is 18.8 Å². The van der Waals surface area contributed by atoms with Crippen molar-refractivity contribution in [3.63, 3.8) is 0 Å². The van der Waals surface area contributed by atoms with E-state index in [1.165, 1.54) is 44.9 Å². The summed E-state index contributed by atoms with van der Waals surface area (Å²) in [6, 6.07) is 41.8. The van der Waals surface area contributed by atoms with Gasteiger partial charge in [0.05, 0.1) is 0 Å². The number of hydrogen-bond acceptors (Lipinski definition) is 8. The lowest BCUT2D eigenvalue weighted by molar-refractivity contribution is 0.588. The molecule has 0 N–H and O–H groups in total. The summed E-state index contributed by atoms with van der Waals surface area (Å²) in [7, 11) is 0. The van der Waals surface area contributed by atoms with Crippen molar-refractivity contribution in [1.29, 1.82) is 0 Å². The lowest BCUT2D eigenvalue weighted by atomic mass is 10.1. The molecule has 8 aromatic rings. The fraction of sp³-hybridized carbons (Fsp3) is 0.100. The quantitative estimate of drug-likeness (QED) is 0.161. The third-order valence-corrected chi connectivity index (χ3v) is 10.2. The maximum absolute atomic E-state index is 6.47. The van der Waals surface area contributed by atoms with Gasteiger partial charge >= 0.3 is 0 Å². The third-order valence-electron chi connectivity index (χ3n) is 8.19. The van der Waals surface area contributed by atoms with Crippen molar-refractivity contribution in [3.05, 3.63) is 144 Å². The zero-order valence-corrected chi connectivity index (χ0v) is 28.6. The van der Waals surface area contributed by atoms with Crippen molar-refractivity contribution in [2.24, 2.45) is 0 Å². The molecule has 0 bridgehead atoms. The summed E-state index contributed by atoms with van der Waals surface area (Å²) < 4.78 is 12.9. The number of rotatable bonds is 8. The molecule has 48 heavy (non-hydrogen) atoms. The Labute approximate surface area is 287 Å². The molecule has 4 aromatic heterocycles. The van der Waals surface area contributed by atoms with Gasteiger partial charge in [0.1, 0.15) is 0 Å². The second kappa shape index (κ2) is 12.3. The van der Waals surface area contributed by atoms with Crippen LogP contribution in [0.3, 0.4) is 0 Å². The standard InChI is InChI=1S/C40H32N4O2S2/c1-25-5-13-29(14-6-25)43(30-15-7-26(2)8-16-30)35-23-21-33(45-35)37-41-39-40(47-37)42-38(48-39)34-22-24-36(46-34)44(31-17-9-27(3)10-18-31)32-19-11-28(4)12-20-32/h5-24H,1-4H3. The zero-order chi connectivity index (χ0) is 32.8. The van der Waals surface area contributed by atoms with Gasteiger partial charge in [0.25, 0.3) is 0 Å². The smallest absolute Gasteiger partial charge is 0.205 e. The third kappa shape index (κ3) is 5.81. The molecule has 0 atom stereocenters. The lowest BCUT2D eigenvalue weighted by Gasteiger charge is -2.22. The van der Waals surface area contributed by atoms with Crippen molar-refractivity contribution >= 4 is 66.9 Å². The Morgan fingerprint density at radius 3 is 0.979 bits per heavy atom. The highest BCUT2D eigenvalue weighted by Gasteiger charge is 2.22. The van der Waals surface area contributed by atoms with Crippen molar-refractivity contribution in [1.82, 2.24) is 9.97 Å². The number of anilines is 6. The first-order chi connectivity index (χ1) is 23.4. The van der Waals surface area contributed by atoms with Crippen molar-refractivity contribution in [2.75, 3.05) is 9.80 Å². The number of nitrogens with zero attached hydrogens (tertiary/aromatic N) is 4. The monoisotopic (exact) mass is 664 g/mol. The molecule has 0 aliphatic heterocycles. The predicted octanol–water partition coefficient (Wildman–Crippen LogP) is 12.4. The van der Waals surface area contributed by atoms with Crippen LogP contribution >= 0.6 is 22.7 Å². The van der Waals surface area contributed by atoms with E-state index in [1.807, 2.05) is 24.3 Å². The number of furan rings is 2. The Balaban J connectivity index is 1.09. The van der Waals surface area contributed by atoms with E-state index in [0.717, 1.165) is 54.2 Å². The summed E-state index contributed by atoms with van der Waals surface area (Å²) >= 11 is 3.04. The first-order valence-corrected chi connectivity index (χ1v) is 17.4. The second-order valence-electron chi connectivity index (χ2n) is 11.9. The van der Waals surface area contributed by atoms with Crippen LogP contribution in [0.15, 0.2) is 130 Å². The summed E-state index contributed by atoms with van der Waals surface area (Å²) in [6.45, 7) is 8.37. The molecule has 0 unspecified atom stereocenters. The van der Waals surface area contributed by atoms with E-state index in [-0.39, 0.29) is 0 Å². The summed E-state index contributed by atoms with van der Waals surface area (Å²) in [6.07, 6.45) is 0. The topological polar surface area (TPSA) is 58.5 Å². The van der Waals surface area contributed by atoms with E-state index >= 15 is 0 Å². The molecule has 4 aromatic carbocycles. The second-order valence-corrected chi connectivity index (χ2v) is 13.9. The van der Waals surface area contributed by atoms with Gasteiger partial charge in [0, 0.05) is 34.9 Å². The molecule has 6 nitrogen and oxygen atoms in total. The Morgan fingerprint density at radius 2 is 0.688 bits per heavy atom. The average Bonchev–Trinajstić information content (AvgIpc) is 3.90. The maximum atomic E-state index is 6.47. The Morgan fingerprint density at radius 1 is 0.396 bits per heavy atom. The molecule has 8 rings (SSSR count). The van der Waals surface area contributed by atoms with Crippen LogP contribution < -0.4 is 9.80 Å². The molecule has 0 fully saturated rings. The van der Waals surface area contributed by atoms with E-state index < -0.39 is 0 Å². The van der Waals surface area contributed by atoms with Gasteiger partial charge in [-0.3, -0.25) is 9.80 Å². The number of fused-ring (bicyclic) bond motifs is 1. The number of aryl methyl sites for hydroxylation is 4. The van der Waals surface area contributed by atoms with Crippen LogP contribution in [-0.2, 0) is 0 Å². The molecule has 236 valence electrons. The Kier molecular flexibility index (Phi) is 7.67. The first kappa shape index (κ1) is 29.9. The lowest BCUT2D eigenvalue weighted by Crippen LogP contribution is -2.08.